The molecule has 0 bridgehead atoms. The Kier molecular flexibility index (Phi) is 2.64. The van der Waals surface area contributed by atoms with Crippen LogP contribution in [0.2, 0.25) is 0 Å². The number of allylic oxidation sites excluding steroid dienone is 3. The molecule has 60 valence electrons. The van der Waals surface area contributed by atoms with Crippen LogP contribution in [0.25, 0.3) is 0 Å². The molecule has 0 heterocycles. The summed E-state index contributed by atoms with van der Waals surface area (Å²) in [5, 5.41) is 0. The Morgan fingerprint density at radius 1 is 1.64 bits per heavy atom. The van der Waals surface area contributed by atoms with Gasteiger partial charge in [-0.15, -0.1) is 0 Å². The molecule has 0 aromatic rings. The summed E-state index contributed by atoms with van der Waals surface area (Å²) in [5.41, 5.74) is 0.346. The molecule has 0 spiro atoms. The van der Waals surface area contributed by atoms with E-state index >= 15 is 0 Å². The van der Waals surface area contributed by atoms with Gasteiger partial charge in [-0.05, 0) is 6.42 Å². The molecule has 5 heteroatoms. The molecule has 0 saturated carbocycles. The summed E-state index contributed by atoms with van der Waals surface area (Å²) in [5.74, 6) is -0.819. The molecule has 4 nitrogen and oxygen atoms in total. The fourth-order valence-electron chi connectivity index (χ4n) is 0.705. The van der Waals surface area contributed by atoms with Crippen molar-refractivity contribution in [2.75, 3.05) is 0 Å². The molecular formula is C6H5ClO4. The average molecular weight is 177 g/mol. The van der Waals surface area contributed by atoms with E-state index in [0.717, 1.165) is 0 Å². The molecule has 1 aliphatic carbocycles. The van der Waals surface area contributed by atoms with Crippen LogP contribution in [0.1, 0.15) is 6.42 Å². The molecule has 0 aromatic heterocycles. The second kappa shape index (κ2) is 3.52. The summed E-state index contributed by atoms with van der Waals surface area (Å²) >= 11 is 0. The molecule has 0 aromatic carbocycles. The lowest BCUT2D eigenvalue weighted by Crippen LogP contribution is -2.36. The van der Waals surface area contributed by atoms with E-state index in [2.05, 4.69) is 4.29 Å². The van der Waals surface area contributed by atoms with E-state index in [0.29, 0.717) is 12.0 Å². The van der Waals surface area contributed by atoms with Gasteiger partial charge in [0.15, 0.2) is 0 Å². The number of carbonyl (C=O) groups excluding carboxylic acids is 1. The SMILES string of the molecule is O=C(O[Cl+2]([O-])[O-])C1=CC=CC1. The predicted molar refractivity (Wildman–Crippen MR) is 27.9 cm³/mol. The van der Waals surface area contributed by atoms with Gasteiger partial charge in [-0.2, -0.15) is 0 Å². The molecule has 0 fully saturated rings. The van der Waals surface area contributed by atoms with Gasteiger partial charge in [0.25, 0.3) is 0 Å². The van der Waals surface area contributed by atoms with Crippen molar-refractivity contribution >= 4 is 5.97 Å². The van der Waals surface area contributed by atoms with Gasteiger partial charge in [0.1, 0.15) is 0 Å². The van der Waals surface area contributed by atoms with Crippen molar-refractivity contribution in [1.82, 2.24) is 0 Å². The second-order valence-corrected chi connectivity index (χ2v) is 2.41. The Morgan fingerprint density at radius 3 is 2.82 bits per heavy atom. The highest BCUT2D eigenvalue weighted by Crippen LogP contribution is 2.11. The zero-order valence-electron chi connectivity index (χ0n) is 5.45. The second-order valence-electron chi connectivity index (χ2n) is 1.88. The smallest absolute Gasteiger partial charge is 0.307 e. The van der Waals surface area contributed by atoms with Gasteiger partial charge < -0.3 is 9.32 Å². The quantitative estimate of drug-likeness (QED) is 0.514. The Morgan fingerprint density at radius 2 is 2.36 bits per heavy atom. The summed E-state index contributed by atoms with van der Waals surface area (Å²) in [7, 11) is -2.45. The van der Waals surface area contributed by atoms with Crippen LogP contribution in [0.5, 0.6) is 0 Å². The lowest BCUT2D eigenvalue weighted by molar-refractivity contribution is -1.62. The first-order chi connectivity index (χ1) is 5.20. The van der Waals surface area contributed by atoms with E-state index in [-0.39, 0.29) is 0 Å². The van der Waals surface area contributed by atoms with Gasteiger partial charge in [0.05, 0.1) is 5.57 Å². The van der Waals surface area contributed by atoms with Crippen molar-refractivity contribution in [2.45, 2.75) is 6.42 Å². The minimum absolute atomic E-state index is 0.346. The molecule has 11 heavy (non-hydrogen) atoms. The summed E-state index contributed by atoms with van der Waals surface area (Å²) in [6, 6.07) is 0. The lowest BCUT2D eigenvalue weighted by Gasteiger charge is -1.93. The Hall–Kier alpha value is -0.840. The number of halogens is 1. The first-order valence-electron chi connectivity index (χ1n) is 2.84. The molecule has 1 aliphatic rings. The topological polar surface area (TPSA) is 72.4 Å². The molecule has 0 N–H and O–H groups in total. The van der Waals surface area contributed by atoms with E-state index in [4.69, 9.17) is 0 Å². The maximum atomic E-state index is 10.7. The maximum Gasteiger partial charge on any atom is 0.448 e. The zero-order chi connectivity index (χ0) is 8.27. The molecule has 1 rings (SSSR count). The Balaban J connectivity index is 2.43. The number of hydrogen-bond donors (Lipinski definition) is 0. The van der Waals surface area contributed by atoms with Crippen LogP contribution >= 0.6 is 0 Å². The number of rotatable bonds is 2. The standard InChI is InChI=1S/C6H5ClO4/c8-6(11-7(9)10)5-3-1-2-4-5/h1-3H,4H2. The zero-order valence-corrected chi connectivity index (χ0v) is 6.21. The average Bonchev–Trinajstić information content (AvgIpc) is 2.35. The molecule has 0 atom stereocenters. The van der Waals surface area contributed by atoms with Gasteiger partial charge in [-0.1, -0.05) is 22.5 Å². The van der Waals surface area contributed by atoms with Crippen molar-refractivity contribution in [3.05, 3.63) is 23.8 Å². The van der Waals surface area contributed by atoms with E-state index in [1.165, 1.54) is 6.08 Å². The third kappa shape index (κ3) is 2.34. The minimum Gasteiger partial charge on any atom is -0.307 e. The van der Waals surface area contributed by atoms with Crippen molar-refractivity contribution < 1.29 is 29.2 Å². The fourth-order valence-corrected chi connectivity index (χ4v) is 0.919. The first-order valence-corrected chi connectivity index (χ1v) is 3.76. The molecule has 0 radical (unpaired) electrons. The van der Waals surface area contributed by atoms with Crippen LogP contribution in [0.4, 0.5) is 0 Å². The highest BCUT2D eigenvalue weighted by Gasteiger charge is 2.22. The van der Waals surface area contributed by atoms with Gasteiger partial charge in [0.2, 0.25) is 0 Å². The molecule has 0 saturated heterocycles. The third-order valence-electron chi connectivity index (χ3n) is 1.17. The van der Waals surface area contributed by atoms with Gasteiger partial charge in [0, 0.05) is 0 Å². The van der Waals surface area contributed by atoms with Crippen molar-refractivity contribution in [1.29, 1.82) is 0 Å². The van der Waals surface area contributed by atoms with E-state index < -0.39 is 16.8 Å². The van der Waals surface area contributed by atoms with Gasteiger partial charge in [-0.25, -0.2) is 4.79 Å². The third-order valence-corrected chi connectivity index (χ3v) is 1.43. The fraction of sp³-hybridized carbons (Fsp3) is 0.167. The van der Waals surface area contributed by atoms with Gasteiger partial charge >= 0.3 is 16.8 Å². The molecule has 0 unspecified atom stereocenters. The minimum atomic E-state index is -2.45. The highest BCUT2D eigenvalue weighted by atomic mass is 35.6. The van der Waals surface area contributed by atoms with Crippen LogP contribution in [-0.4, -0.2) is 5.97 Å². The highest BCUT2D eigenvalue weighted by molar-refractivity contribution is 5.89. The predicted octanol–water partition coefficient (Wildman–Crippen LogP) is -1.50. The molecule has 0 amide bonds. The largest absolute Gasteiger partial charge is 0.448 e. The summed E-state index contributed by atoms with van der Waals surface area (Å²) in [4.78, 5) is 10.7. The molecule has 0 aliphatic heterocycles. The van der Waals surface area contributed by atoms with Crippen molar-refractivity contribution in [3.63, 3.8) is 0 Å². The van der Waals surface area contributed by atoms with Crippen LogP contribution in [-0.2, 0) is 9.08 Å². The Labute approximate surface area is 66.2 Å². The van der Waals surface area contributed by atoms with E-state index in [1.807, 2.05) is 0 Å². The first kappa shape index (κ1) is 8.26. The normalized spacial score (nSPS) is 15.4. The van der Waals surface area contributed by atoms with Crippen molar-refractivity contribution in [2.24, 2.45) is 0 Å². The van der Waals surface area contributed by atoms with Gasteiger partial charge in [-0.3, -0.25) is 0 Å². The summed E-state index contributed by atoms with van der Waals surface area (Å²) in [6.07, 6.45) is 5.35. The van der Waals surface area contributed by atoms with E-state index in [9.17, 15) is 14.1 Å². The summed E-state index contributed by atoms with van der Waals surface area (Å²) < 4.78 is 23.5. The lowest BCUT2D eigenvalue weighted by atomic mass is 10.2. The molecular weight excluding hydrogens is 172 g/mol. The maximum absolute atomic E-state index is 10.7. The number of hydrogen-bond acceptors (Lipinski definition) is 4. The van der Waals surface area contributed by atoms with Crippen LogP contribution in [0.3, 0.4) is 0 Å². The van der Waals surface area contributed by atoms with E-state index in [1.54, 1.807) is 12.2 Å². The Bertz CT molecular complexity index is 219. The van der Waals surface area contributed by atoms with Crippen LogP contribution in [0, 0.1) is 10.8 Å². The number of carbonyl (C=O) groups is 1. The van der Waals surface area contributed by atoms with Crippen LogP contribution in [0.15, 0.2) is 23.8 Å². The van der Waals surface area contributed by atoms with Crippen LogP contribution < -0.4 is 9.32 Å². The monoisotopic (exact) mass is 176 g/mol. The van der Waals surface area contributed by atoms with Crippen molar-refractivity contribution in [3.8, 4) is 0 Å². The summed E-state index contributed by atoms with van der Waals surface area (Å²) in [6.45, 7) is 0.